The van der Waals surface area contributed by atoms with E-state index in [1.165, 1.54) is 12.1 Å². The molecule has 0 fully saturated rings. The van der Waals surface area contributed by atoms with Crippen LogP contribution in [0.2, 0.25) is 0 Å². The van der Waals surface area contributed by atoms with Crippen molar-refractivity contribution in [3.8, 4) is 0 Å². The number of carboxylic acids is 1. The number of aromatic nitrogens is 1. The Kier molecular flexibility index (Phi) is 3.41. The molecule has 0 unspecified atom stereocenters. The van der Waals surface area contributed by atoms with Gasteiger partial charge in [-0.3, -0.25) is 4.79 Å². The lowest BCUT2D eigenvalue weighted by Gasteiger charge is -2.07. The maximum atomic E-state index is 13.0. The van der Waals surface area contributed by atoms with E-state index in [0.29, 0.717) is 5.56 Å². The van der Waals surface area contributed by atoms with E-state index in [9.17, 15) is 18.4 Å². The Balaban J connectivity index is 2.37. The predicted octanol–water partition coefficient (Wildman–Crippen LogP) is 1.87. The molecule has 2 rings (SSSR count). The Bertz CT molecular complexity index is 695. The van der Waals surface area contributed by atoms with Crippen molar-refractivity contribution in [3.63, 3.8) is 0 Å². The average molecular weight is 265 g/mol. The first kappa shape index (κ1) is 12.9. The maximum absolute atomic E-state index is 13.0. The summed E-state index contributed by atoms with van der Waals surface area (Å²) in [5, 5.41) is 8.82. The minimum Gasteiger partial charge on any atom is -0.478 e. The van der Waals surface area contributed by atoms with E-state index in [-0.39, 0.29) is 12.1 Å². The van der Waals surface area contributed by atoms with Crippen LogP contribution in [0, 0.1) is 11.6 Å². The largest absolute Gasteiger partial charge is 0.478 e. The Labute approximate surface area is 106 Å². The summed E-state index contributed by atoms with van der Waals surface area (Å²) < 4.78 is 26.9. The molecule has 4 nitrogen and oxygen atoms in total. The molecule has 98 valence electrons. The van der Waals surface area contributed by atoms with E-state index < -0.39 is 23.2 Å². The molecule has 0 saturated carbocycles. The van der Waals surface area contributed by atoms with Crippen molar-refractivity contribution in [2.24, 2.45) is 0 Å². The van der Waals surface area contributed by atoms with Crippen LogP contribution in [0.1, 0.15) is 15.9 Å². The van der Waals surface area contributed by atoms with Crippen LogP contribution >= 0.6 is 0 Å². The summed E-state index contributed by atoms with van der Waals surface area (Å²) in [4.78, 5) is 22.3. The van der Waals surface area contributed by atoms with Crippen LogP contribution in [-0.4, -0.2) is 15.6 Å². The second-order valence-corrected chi connectivity index (χ2v) is 3.94. The molecule has 0 bridgehead atoms. The number of aromatic carboxylic acids is 1. The Morgan fingerprint density at radius 3 is 2.53 bits per heavy atom. The van der Waals surface area contributed by atoms with Gasteiger partial charge in [-0.15, -0.1) is 0 Å². The normalized spacial score (nSPS) is 10.4. The van der Waals surface area contributed by atoms with Gasteiger partial charge in [0.05, 0.1) is 12.1 Å². The van der Waals surface area contributed by atoms with E-state index in [1.54, 1.807) is 0 Å². The van der Waals surface area contributed by atoms with Crippen molar-refractivity contribution in [2.45, 2.75) is 6.54 Å². The quantitative estimate of drug-likeness (QED) is 0.921. The second kappa shape index (κ2) is 5.01. The number of hydrogen-bond acceptors (Lipinski definition) is 2. The number of carboxylic acid groups (broad SMARTS) is 1. The third kappa shape index (κ3) is 2.85. The van der Waals surface area contributed by atoms with Crippen molar-refractivity contribution >= 4 is 5.97 Å². The molecule has 0 aliphatic rings. The van der Waals surface area contributed by atoms with Crippen molar-refractivity contribution in [1.29, 1.82) is 0 Å². The number of benzene rings is 1. The van der Waals surface area contributed by atoms with E-state index >= 15 is 0 Å². The van der Waals surface area contributed by atoms with Gasteiger partial charge in [-0.05, 0) is 23.8 Å². The van der Waals surface area contributed by atoms with Crippen LogP contribution in [0.5, 0.6) is 0 Å². The molecule has 0 amide bonds. The molecule has 1 aromatic heterocycles. The van der Waals surface area contributed by atoms with Crippen molar-refractivity contribution in [3.05, 3.63) is 69.6 Å². The molecule has 1 heterocycles. The van der Waals surface area contributed by atoms with Crippen molar-refractivity contribution in [2.75, 3.05) is 0 Å². The topological polar surface area (TPSA) is 59.3 Å². The number of pyridine rings is 1. The van der Waals surface area contributed by atoms with Gasteiger partial charge in [-0.1, -0.05) is 6.07 Å². The number of rotatable bonds is 3. The van der Waals surface area contributed by atoms with Gasteiger partial charge in [0, 0.05) is 12.3 Å². The third-order valence-electron chi connectivity index (χ3n) is 2.57. The highest BCUT2D eigenvalue weighted by molar-refractivity contribution is 5.87. The fraction of sp³-hybridized carbons (Fsp3) is 0.0769. The number of nitrogens with zero attached hydrogens (tertiary/aromatic N) is 1. The first-order chi connectivity index (χ1) is 8.97. The first-order valence-electron chi connectivity index (χ1n) is 5.35. The summed E-state index contributed by atoms with van der Waals surface area (Å²) >= 11 is 0. The van der Waals surface area contributed by atoms with E-state index in [0.717, 1.165) is 29.0 Å². The Hall–Kier alpha value is -2.50. The van der Waals surface area contributed by atoms with Crippen LogP contribution < -0.4 is 5.56 Å². The fourth-order valence-corrected chi connectivity index (χ4v) is 1.62. The minimum absolute atomic E-state index is 0.0306. The first-order valence-corrected chi connectivity index (χ1v) is 5.35. The van der Waals surface area contributed by atoms with Crippen molar-refractivity contribution < 1.29 is 18.7 Å². The van der Waals surface area contributed by atoms with Gasteiger partial charge in [-0.25, -0.2) is 13.6 Å². The zero-order valence-corrected chi connectivity index (χ0v) is 9.64. The summed E-state index contributed by atoms with van der Waals surface area (Å²) in [6.45, 7) is -0.0306. The zero-order valence-electron chi connectivity index (χ0n) is 9.64. The predicted molar refractivity (Wildman–Crippen MR) is 63.1 cm³/mol. The summed E-state index contributed by atoms with van der Waals surface area (Å²) in [6.07, 6.45) is 1.16. The monoisotopic (exact) mass is 265 g/mol. The lowest BCUT2D eigenvalue weighted by molar-refractivity contribution is 0.0696. The molecular weight excluding hydrogens is 256 g/mol. The zero-order chi connectivity index (χ0) is 14.0. The second-order valence-electron chi connectivity index (χ2n) is 3.94. The van der Waals surface area contributed by atoms with Gasteiger partial charge in [0.1, 0.15) is 0 Å². The Morgan fingerprint density at radius 2 is 1.89 bits per heavy atom. The molecular formula is C13H9F2NO3. The van der Waals surface area contributed by atoms with E-state index in [4.69, 9.17) is 5.11 Å². The van der Waals surface area contributed by atoms with E-state index in [1.807, 2.05) is 0 Å². The molecule has 1 aromatic carbocycles. The molecule has 6 heteroatoms. The minimum atomic E-state index is -1.17. The molecule has 0 atom stereocenters. The molecule has 0 radical (unpaired) electrons. The van der Waals surface area contributed by atoms with Crippen LogP contribution in [0.4, 0.5) is 8.78 Å². The number of hydrogen-bond donors (Lipinski definition) is 1. The van der Waals surface area contributed by atoms with Crippen LogP contribution in [-0.2, 0) is 6.54 Å². The lowest BCUT2D eigenvalue weighted by atomic mass is 10.2. The highest BCUT2D eigenvalue weighted by Crippen LogP contribution is 2.09. The summed E-state index contributed by atoms with van der Waals surface area (Å²) in [7, 11) is 0. The Morgan fingerprint density at radius 1 is 1.16 bits per heavy atom. The molecule has 1 N–H and O–H groups in total. The molecule has 0 spiro atoms. The summed E-state index contributed by atoms with van der Waals surface area (Å²) in [6, 6.07) is 5.56. The molecule has 0 aliphatic heterocycles. The van der Waals surface area contributed by atoms with E-state index in [2.05, 4.69) is 0 Å². The SMILES string of the molecule is O=C(O)c1ccc(=O)n(Cc2ccc(F)c(F)c2)c1. The van der Waals surface area contributed by atoms with Gasteiger partial charge in [0.25, 0.3) is 5.56 Å². The molecule has 19 heavy (non-hydrogen) atoms. The summed E-state index contributed by atoms with van der Waals surface area (Å²) in [5.74, 6) is -3.16. The number of carbonyl (C=O) groups is 1. The third-order valence-corrected chi connectivity index (χ3v) is 2.57. The maximum Gasteiger partial charge on any atom is 0.337 e. The average Bonchev–Trinajstić information content (AvgIpc) is 2.36. The van der Waals surface area contributed by atoms with Gasteiger partial charge in [0.2, 0.25) is 0 Å². The van der Waals surface area contributed by atoms with Crippen molar-refractivity contribution in [1.82, 2.24) is 4.57 Å². The lowest BCUT2D eigenvalue weighted by Crippen LogP contribution is -2.20. The van der Waals surface area contributed by atoms with Gasteiger partial charge in [0.15, 0.2) is 11.6 Å². The highest BCUT2D eigenvalue weighted by atomic mass is 19.2. The summed E-state index contributed by atoms with van der Waals surface area (Å²) in [5.41, 5.74) is -0.111. The standard InChI is InChI=1S/C13H9F2NO3/c14-10-3-1-8(5-11(10)15)6-16-7-9(13(18)19)2-4-12(16)17/h1-5,7H,6H2,(H,18,19). The van der Waals surface area contributed by atoms with Gasteiger partial charge >= 0.3 is 5.97 Å². The fourth-order valence-electron chi connectivity index (χ4n) is 1.62. The van der Waals surface area contributed by atoms with Crippen LogP contribution in [0.15, 0.2) is 41.3 Å². The van der Waals surface area contributed by atoms with Crippen LogP contribution in [0.25, 0.3) is 0 Å². The van der Waals surface area contributed by atoms with Gasteiger partial charge in [-0.2, -0.15) is 0 Å². The smallest absolute Gasteiger partial charge is 0.337 e. The number of halogens is 2. The highest BCUT2D eigenvalue weighted by Gasteiger charge is 2.07. The van der Waals surface area contributed by atoms with Gasteiger partial charge < -0.3 is 9.67 Å². The molecule has 0 aliphatic carbocycles. The van der Waals surface area contributed by atoms with Crippen LogP contribution in [0.3, 0.4) is 0 Å². The molecule has 0 saturated heterocycles. The molecule has 2 aromatic rings.